The van der Waals surface area contributed by atoms with Crippen LogP contribution in [0.25, 0.3) is 0 Å². The third kappa shape index (κ3) is 6.30. The third-order valence-electron chi connectivity index (χ3n) is 3.31. The summed E-state index contributed by atoms with van der Waals surface area (Å²) in [6.45, 7) is 6.46. The standard InChI is InChI=1S/C19H24ClNO3/c1-3-22-12-13-23-19-7-5-4-6-18(19)21-14-15(2)24-17-10-8-16(20)9-11-17/h4-11,15,21H,3,12-14H2,1-2H3. The van der Waals surface area contributed by atoms with Crippen molar-refractivity contribution < 1.29 is 14.2 Å². The third-order valence-corrected chi connectivity index (χ3v) is 3.56. The fourth-order valence-electron chi connectivity index (χ4n) is 2.13. The minimum absolute atomic E-state index is 0.00246. The van der Waals surface area contributed by atoms with Crippen LogP contribution in [0.5, 0.6) is 11.5 Å². The van der Waals surface area contributed by atoms with Crippen LogP contribution in [0.4, 0.5) is 5.69 Å². The molecule has 0 bridgehead atoms. The molecule has 1 N–H and O–H groups in total. The van der Waals surface area contributed by atoms with Gasteiger partial charge < -0.3 is 19.5 Å². The first-order valence-electron chi connectivity index (χ1n) is 8.14. The molecule has 1 unspecified atom stereocenters. The van der Waals surface area contributed by atoms with Gasteiger partial charge in [0.2, 0.25) is 0 Å². The second-order valence-electron chi connectivity index (χ2n) is 5.30. The molecule has 0 saturated carbocycles. The molecule has 0 aliphatic carbocycles. The van der Waals surface area contributed by atoms with Gasteiger partial charge in [-0.05, 0) is 50.2 Å². The first kappa shape index (κ1) is 18.4. The monoisotopic (exact) mass is 349 g/mol. The molecule has 2 rings (SSSR count). The number of hydrogen-bond acceptors (Lipinski definition) is 4. The number of para-hydroxylation sites is 2. The Bertz CT molecular complexity index is 604. The minimum Gasteiger partial charge on any atom is -0.489 e. The highest BCUT2D eigenvalue weighted by Crippen LogP contribution is 2.24. The molecule has 0 saturated heterocycles. The predicted octanol–water partition coefficient (Wildman–Crippen LogP) is 4.63. The van der Waals surface area contributed by atoms with Crippen molar-refractivity contribution >= 4 is 17.3 Å². The lowest BCUT2D eigenvalue weighted by Gasteiger charge is -2.18. The van der Waals surface area contributed by atoms with Gasteiger partial charge in [0.1, 0.15) is 24.2 Å². The van der Waals surface area contributed by atoms with Crippen molar-refractivity contribution in [2.24, 2.45) is 0 Å². The molecule has 0 radical (unpaired) electrons. The highest BCUT2D eigenvalue weighted by Gasteiger charge is 2.07. The van der Waals surface area contributed by atoms with Crippen molar-refractivity contribution in [2.45, 2.75) is 20.0 Å². The van der Waals surface area contributed by atoms with Crippen molar-refractivity contribution in [1.82, 2.24) is 0 Å². The molecular formula is C19H24ClNO3. The molecule has 0 amide bonds. The molecule has 5 heteroatoms. The average molecular weight is 350 g/mol. The summed E-state index contributed by atoms with van der Waals surface area (Å²) in [6, 6.07) is 15.2. The maximum absolute atomic E-state index is 5.88. The molecule has 24 heavy (non-hydrogen) atoms. The van der Waals surface area contributed by atoms with Gasteiger partial charge in [0.25, 0.3) is 0 Å². The van der Waals surface area contributed by atoms with Gasteiger partial charge in [0.05, 0.1) is 18.8 Å². The quantitative estimate of drug-likeness (QED) is 0.634. The van der Waals surface area contributed by atoms with E-state index in [0.717, 1.165) is 17.2 Å². The van der Waals surface area contributed by atoms with E-state index in [2.05, 4.69) is 5.32 Å². The molecule has 0 aromatic heterocycles. The topological polar surface area (TPSA) is 39.7 Å². The van der Waals surface area contributed by atoms with Crippen LogP contribution in [0.3, 0.4) is 0 Å². The van der Waals surface area contributed by atoms with E-state index in [1.54, 1.807) is 0 Å². The van der Waals surface area contributed by atoms with Crippen LogP contribution in [0.15, 0.2) is 48.5 Å². The lowest BCUT2D eigenvalue weighted by molar-refractivity contribution is 0.110. The Hall–Kier alpha value is -1.91. The van der Waals surface area contributed by atoms with Gasteiger partial charge in [-0.2, -0.15) is 0 Å². The maximum Gasteiger partial charge on any atom is 0.142 e. The smallest absolute Gasteiger partial charge is 0.142 e. The number of nitrogens with one attached hydrogen (secondary N) is 1. The molecular weight excluding hydrogens is 326 g/mol. The van der Waals surface area contributed by atoms with E-state index in [9.17, 15) is 0 Å². The normalized spacial score (nSPS) is 11.8. The minimum atomic E-state index is 0.00246. The van der Waals surface area contributed by atoms with Crippen molar-refractivity contribution in [3.05, 3.63) is 53.6 Å². The van der Waals surface area contributed by atoms with E-state index in [-0.39, 0.29) is 6.10 Å². The SMILES string of the molecule is CCOCCOc1ccccc1NCC(C)Oc1ccc(Cl)cc1. The van der Waals surface area contributed by atoms with Gasteiger partial charge in [-0.25, -0.2) is 0 Å². The molecule has 0 aliphatic rings. The lowest BCUT2D eigenvalue weighted by atomic mass is 10.2. The molecule has 0 fully saturated rings. The van der Waals surface area contributed by atoms with Gasteiger partial charge >= 0.3 is 0 Å². The zero-order chi connectivity index (χ0) is 17.2. The van der Waals surface area contributed by atoms with E-state index >= 15 is 0 Å². The summed E-state index contributed by atoms with van der Waals surface area (Å²) >= 11 is 5.88. The fourth-order valence-corrected chi connectivity index (χ4v) is 2.26. The summed E-state index contributed by atoms with van der Waals surface area (Å²) in [5, 5.41) is 4.07. The highest BCUT2D eigenvalue weighted by atomic mass is 35.5. The van der Waals surface area contributed by atoms with E-state index < -0.39 is 0 Å². The van der Waals surface area contributed by atoms with Crippen molar-refractivity contribution in [3.8, 4) is 11.5 Å². The summed E-state index contributed by atoms with van der Waals surface area (Å²) in [6.07, 6.45) is 0.00246. The lowest BCUT2D eigenvalue weighted by Crippen LogP contribution is -2.23. The molecule has 0 spiro atoms. The Morgan fingerprint density at radius 1 is 1.04 bits per heavy atom. The van der Waals surface area contributed by atoms with Crippen LogP contribution in [-0.2, 0) is 4.74 Å². The molecule has 1 atom stereocenters. The van der Waals surface area contributed by atoms with E-state index in [0.29, 0.717) is 31.4 Å². The fraction of sp³-hybridized carbons (Fsp3) is 0.368. The van der Waals surface area contributed by atoms with E-state index in [1.165, 1.54) is 0 Å². The first-order valence-corrected chi connectivity index (χ1v) is 8.52. The first-order chi connectivity index (χ1) is 11.7. The van der Waals surface area contributed by atoms with Crippen LogP contribution < -0.4 is 14.8 Å². The second-order valence-corrected chi connectivity index (χ2v) is 5.74. The predicted molar refractivity (Wildman–Crippen MR) is 98.5 cm³/mol. The van der Waals surface area contributed by atoms with Crippen LogP contribution in [-0.4, -0.2) is 32.5 Å². The Morgan fingerprint density at radius 3 is 2.54 bits per heavy atom. The van der Waals surface area contributed by atoms with Crippen molar-refractivity contribution in [2.75, 3.05) is 31.7 Å². The van der Waals surface area contributed by atoms with Crippen molar-refractivity contribution in [3.63, 3.8) is 0 Å². The Morgan fingerprint density at radius 2 is 1.79 bits per heavy atom. The maximum atomic E-state index is 5.88. The van der Waals surface area contributed by atoms with Gasteiger partial charge in [-0.15, -0.1) is 0 Å². The number of rotatable bonds is 10. The summed E-state index contributed by atoms with van der Waals surface area (Å²) in [5.41, 5.74) is 0.945. The zero-order valence-corrected chi connectivity index (χ0v) is 14.9. The van der Waals surface area contributed by atoms with Crippen LogP contribution >= 0.6 is 11.6 Å². The second kappa shape index (κ2) is 10.1. The van der Waals surface area contributed by atoms with Crippen LogP contribution in [0, 0.1) is 0 Å². The van der Waals surface area contributed by atoms with Crippen LogP contribution in [0.1, 0.15) is 13.8 Å². The largest absolute Gasteiger partial charge is 0.489 e. The van der Waals surface area contributed by atoms with Gasteiger partial charge in [0, 0.05) is 11.6 Å². The van der Waals surface area contributed by atoms with E-state index in [4.69, 9.17) is 25.8 Å². The number of anilines is 1. The summed E-state index contributed by atoms with van der Waals surface area (Å²) in [7, 11) is 0. The Balaban J connectivity index is 1.83. The molecule has 2 aromatic rings. The van der Waals surface area contributed by atoms with Crippen LogP contribution in [0.2, 0.25) is 5.02 Å². The number of halogens is 1. The molecule has 4 nitrogen and oxygen atoms in total. The van der Waals surface area contributed by atoms with Crippen molar-refractivity contribution in [1.29, 1.82) is 0 Å². The van der Waals surface area contributed by atoms with Gasteiger partial charge in [0.15, 0.2) is 0 Å². The average Bonchev–Trinajstić information content (AvgIpc) is 2.60. The molecule has 0 heterocycles. The molecule has 130 valence electrons. The zero-order valence-electron chi connectivity index (χ0n) is 14.1. The summed E-state index contributed by atoms with van der Waals surface area (Å²) in [5.74, 6) is 1.62. The number of benzene rings is 2. The number of ether oxygens (including phenoxy) is 3. The summed E-state index contributed by atoms with van der Waals surface area (Å²) < 4.78 is 16.9. The van der Waals surface area contributed by atoms with Gasteiger partial charge in [-0.3, -0.25) is 0 Å². The van der Waals surface area contributed by atoms with E-state index in [1.807, 2.05) is 62.4 Å². The highest BCUT2D eigenvalue weighted by molar-refractivity contribution is 6.30. The molecule has 2 aromatic carbocycles. The summed E-state index contributed by atoms with van der Waals surface area (Å²) in [4.78, 5) is 0. The van der Waals surface area contributed by atoms with Gasteiger partial charge in [-0.1, -0.05) is 23.7 Å². The number of hydrogen-bond donors (Lipinski definition) is 1. The Kier molecular flexibility index (Phi) is 7.72. The Labute approximate surface area is 148 Å². The molecule has 0 aliphatic heterocycles.